The third kappa shape index (κ3) is 5.18. The highest BCUT2D eigenvalue weighted by atomic mass is 32.2. The molecule has 0 aliphatic carbocycles. The number of hydrogen-bond acceptors (Lipinski definition) is 6. The molecule has 9 heteroatoms. The summed E-state index contributed by atoms with van der Waals surface area (Å²) < 4.78 is 31.6. The molecule has 27 heavy (non-hydrogen) atoms. The molecule has 0 aliphatic heterocycles. The monoisotopic (exact) mass is 405 g/mol. The van der Waals surface area contributed by atoms with E-state index in [1.54, 1.807) is 6.07 Å². The Hall–Kier alpha value is -2.65. The van der Waals surface area contributed by atoms with Gasteiger partial charge in [0.15, 0.2) is 17.7 Å². The summed E-state index contributed by atoms with van der Waals surface area (Å²) in [4.78, 5) is 12.2. The Balaban J connectivity index is 1.59. The van der Waals surface area contributed by atoms with E-state index in [4.69, 9.17) is 4.74 Å². The number of carbonyl (C=O) groups excluding carboxylic acids is 1. The van der Waals surface area contributed by atoms with Crippen LogP contribution in [-0.4, -0.2) is 26.4 Å². The van der Waals surface area contributed by atoms with Crippen LogP contribution in [-0.2, 0) is 21.3 Å². The summed E-state index contributed by atoms with van der Waals surface area (Å²) in [7, 11) is -1.36. The van der Waals surface area contributed by atoms with Gasteiger partial charge in [0.1, 0.15) is 0 Å². The number of aromatic nitrogens is 2. The predicted molar refractivity (Wildman–Crippen MR) is 102 cm³/mol. The van der Waals surface area contributed by atoms with Gasteiger partial charge in [0.25, 0.3) is 5.91 Å². The van der Waals surface area contributed by atoms with Crippen LogP contribution in [0.5, 0.6) is 5.75 Å². The van der Waals surface area contributed by atoms with Crippen molar-refractivity contribution in [2.24, 2.45) is 0 Å². The number of halogens is 1. The number of benzene rings is 2. The van der Waals surface area contributed by atoms with Crippen molar-refractivity contribution in [1.29, 1.82) is 0 Å². The highest BCUT2D eigenvalue weighted by Crippen LogP contribution is 2.22. The van der Waals surface area contributed by atoms with Gasteiger partial charge in [0.05, 0.1) is 16.6 Å². The fourth-order valence-corrected chi connectivity index (χ4v) is 4.15. The van der Waals surface area contributed by atoms with Crippen LogP contribution >= 0.6 is 11.3 Å². The van der Waals surface area contributed by atoms with Crippen molar-refractivity contribution in [2.45, 2.75) is 23.1 Å². The van der Waals surface area contributed by atoms with Gasteiger partial charge in [-0.2, -0.15) is 0 Å². The second-order valence-corrected chi connectivity index (χ2v) is 8.13. The third-order valence-electron chi connectivity index (χ3n) is 3.48. The van der Waals surface area contributed by atoms with Crippen molar-refractivity contribution in [3.05, 3.63) is 66.0 Å². The molecule has 0 unspecified atom stereocenters. The van der Waals surface area contributed by atoms with E-state index in [9.17, 15) is 13.4 Å². The third-order valence-corrected chi connectivity index (χ3v) is 5.99. The maximum Gasteiger partial charge on any atom is 0.266 e. The van der Waals surface area contributed by atoms with Crippen LogP contribution in [0.25, 0.3) is 0 Å². The largest absolute Gasteiger partial charge is 0.478 e. The predicted octanol–water partition coefficient (Wildman–Crippen LogP) is 3.39. The molecule has 3 aromatic rings. The first-order valence-corrected chi connectivity index (χ1v) is 10.1. The molecule has 2 aromatic carbocycles. The molecule has 2 atom stereocenters. The number of nitrogens with zero attached hydrogens (tertiary/aromatic N) is 2. The van der Waals surface area contributed by atoms with Gasteiger partial charge in [-0.25, -0.2) is 4.39 Å². The summed E-state index contributed by atoms with van der Waals surface area (Å²) in [6.07, 6.45) is -0.941. The van der Waals surface area contributed by atoms with Crippen molar-refractivity contribution < 1.29 is 18.1 Å². The minimum absolute atomic E-state index is 0.0120. The number of rotatable bonds is 7. The minimum atomic E-state index is -1.36. The Labute approximate surface area is 161 Å². The molecule has 0 radical (unpaired) electrons. The molecule has 140 valence electrons. The number of carbonyl (C=O) groups is 1. The summed E-state index contributed by atoms with van der Waals surface area (Å²) in [6.45, 7) is 1.50. The molecule has 1 heterocycles. The Morgan fingerprint density at radius 1 is 1.19 bits per heavy atom. The maximum absolute atomic E-state index is 13.6. The lowest BCUT2D eigenvalue weighted by Gasteiger charge is -2.13. The van der Waals surface area contributed by atoms with Crippen LogP contribution in [0.4, 0.5) is 9.52 Å². The van der Waals surface area contributed by atoms with E-state index in [2.05, 4.69) is 15.5 Å². The topological polar surface area (TPSA) is 81.2 Å². The number of anilines is 1. The molecular weight excluding hydrogens is 389 g/mol. The molecule has 3 rings (SSSR count). The first-order chi connectivity index (χ1) is 13.0. The van der Waals surface area contributed by atoms with Crippen LogP contribution < -0.4 is 10.1 Å². The zero-order chi connectivity index (χ0) is 19.2. The molecule has 0 fully saturated rings. The lowest BCUT2D eigenvalue weighted by molar-refractivity contribution is -0.122. The molecule has 6 nitrogen and oxygen atoms in total. The Kier molecular flexibility index (Phi) is 6.25. The summed E-state index contributed by atoms with van der Waals surface area (Å²) in [5.74, 6) is -0.750. The smallest absolute Gasteiger partial charge is 0.266 e. The molecule has 1 amide bonds. The van der Waals surface area contributed by atoms with E-state index >= 15 is 0 Å². The summed E-state index contributed by atoms with van der Waals surface area (Å²) in [6, 6.07) is 15.2. The highest BCUT2D eigenvalue weighted by molar-refractivity contribution is 7.86. The van der Waals surface area contributed by atoms with Gasteiger partial charge in [-0.3, -0.25) is 14.3 Å². The zero-order valence-electron chi connectivity index (χ0n) is 14.3. The molecule has 1 N–H and O–H groups in total. The quantitative estimate of drug-likeness (QED) is 0.610. The van der Waals surface area contributed by atoms with Crippen LogP contribution in [0.3, 0.4) is 0 Å². The van der Waals surface area contributed by atoms with Crippen molar-refractivity contribution in [3.63, 3.8) is 0 Å². The highest BCUT2D eigenvalue weighted by Gasteiger charge is 2.19. The van der Waals surface area contributed by atoms with Gasteiger partial charge in [-0.15, -0.1) is 10.2 Å². The van der Waals surface area contributed by atoms with Gasteiger partial charge in [-0.1, -0.05) is 53.8 Å². The summed E-state index contributed by atoms with van der Waals surface area (Å²) in [5.41, 5.74) is 0.920. The zero-order valence-corrected chi connectivity index (χ0v) is 15.9. The first kappa shape index (κ1) is 19.1. The SMILES string of the molecule is C[C@@H](Oc1ccccc1F)C(=O)Nc1nnc([S@](=O)Cc2ccccc2)s1. The van der Waals surface area contributed by atoms with Crippen molar-refractivity contribution in [3.8, 4) is 5.75 Å². The van der Waals surface area contributed by atoms with E-state index < -0.39 is 28.6 Å². The van der Waals surface area contributed by atoms with Gasteiger partial charge in [-0.05, 0) is 24.6 Å². The van der Waals surface area contributed by atoms with Crippen LogP contribution in [0.2, 0.25) is 0 Å². The summed E-state index contributed by atoms with van der Waals surface area (Å²) >= 11 is 1.03. The average Bonchev–Trinajstić information content (AvgIpc) is 3.13. The average molecular weight is 405 g/mol. The van der Waals surface area contributed by atoms with Gasteiger partial charge < -0.3 is 4.74 Å². The Morgan fingerprint density at radius 2 is 1.89 bits per heavy atom. The number of amides is 1. The second-order valence-electron chi connectivity index (χ2n) is 5.53. The first-order valence-electron chi connectivity index (χ1n) is 8.01. The number of ether oxygens (including phenoxy) is 1. The molecule has 0 saturated heterocycles. The van der Waals surface area contributed by atoms with E-state index in [1.807, 2.05) is 30.3 Å². The van der Waals surface area contributed by atoms with Gasteiger partial charge in [0, 0.05) is 0 Å². The van der Waals surface area contributed by atoms with Crippen molar-refractivity contribution in [2.75, 3.05) is 5.32 Å². The molecule has 1 aromatic heterocycles. The molecule has 0 spiro atoms. The standard InChI is InChI=1S/C18H16FN3O3S2/c1-12(25-15-10-6-5-9-14(15)19)16(23)20-17-21-22-18(26-17)27(24)11-13-7-3-2-4-8-13/h2-10,12H,11H2,1H3,(H,20,21,23)/t12-,27-/m1/s1. The van der Waals surface area contributed by atoms with E-state index in [1.165, 1.54) is 25.1 Å². The van der Waals surface area contributed by atoms with Crippen LogP contribution in [0.1, 0.15) is 12.5 Å². The minimum Gasteiger partial charge on any atom is -0.478 e. The number of nitrogens with one attached hydrogen (secondary N) is 1. The van der Waals surface area contributed by atoms with Crippen LogP contribution in [0, 0.1) is 5.82 Å². The van der Waals surface area contributed by atoms with E-state index in [0.29, 0.717) is 10.1 Å². The van der Waals surface area contributed by atoms with Crippen molar-refractivity contribution in [1.82, 2.24) is 10.2 Å². The summed E-state index contributed by atoms with van der Waals surface area (Å²) in [5, 5.41) is 10.5. The van der Waals surface area contributed by atoms with Crippen LogP contribution in [0.15, 0.2) is 58.9 Å². The Bertz CT molecular complexity index is 950. The second kappa shape index (κ2) is 8.83. The fraction of sp³-hybridized carbons (Fsp3) is 0.167. The van der Waals surface area contributed by atoms with Crippen molar-refractivity contribution >= 4 is 33.2 Å². The molecule has 0 saturated carbocycles. The molecule has 0 aliphatic rings. The van der Waals surface area contributed by atoms with Gasteiger partial charge in [0.2, 0.25) is 9.47 Å². The van der Waals surface area contributed by atoms with E-state index in [0.717, 1.165) is 16.9 Å². The fourth-order valence-electron chi connectivity index (χ4n) is 2.13. The molecule has 0 bridgehead atoms. The normalized spacial score (nSPS) is 13.0. The lowest BCUT2D eigenvalue weighted by Crippen LogP contribution is -2.30. The lowest BCUT2D eigenvalue weighted by atomic mass is 10.2. The van der Waals surface area contributed by atoms with Gasteiger partial charge >= 0.3 is 0 Å². The van der Waals surface area contributed by atoms with E-state index in [-0.39, 0.29) is 10.9 Å². The number of para-hydroxylation sites is 1. The Morgan fingerprint density at radius 3 is 2.63 bits per heavy atom. The number of hydrogen-bond donors (Lipinski definition) is 1. The molecular formula is C18H16FN3O3S2. The maximum atomic E-state index is 13.6.